The van der Waals surface area contributed by atoms with Gasteiger partial charge in [-0.3, -0.25) is 0 Å². The van der Waals surface area contributed by atoms with Gasteiger partial charge in [0, 0.05) is 6.42 Å². The SMILES string of the molecule is CC1(C)CC(=NO)c2c(noc2Cc2cccc3ccccc23)C1. The maximum Gasteiger partial charge on any atom is 0.150 e. The highest BCUT2D eigenvalue weighted by Gasteiger charge is 2.35. The van der Waals surface area contributed by atoms with Crippen LogP contribution in [0.25, 0.3) is 10.8 Å². The molecule has 4 rings (SSSR count). The molecule has 2 aromatic carbocycles. The smallest absolute Gasteiger partial charge is 0.150 e. The van der Waals surface area contributed by atoms with Crippen molar-refractivity contribution >= 4 is 16.5 Å². The topological polar surface area (TPSA) is 58.6 Å². The van der Waals surface area contributed by atoms with E-state index >= 15 is 0 Å². The van der Waals surface area contributed by atoms with E-state index in [9.17, 15) is 5.21 Å². The highest BCUT2D eigenvalue weighted by atomic mass is 16.5. The molecule has 24 heavy (non-hydrogen) atoms. The summed E-state index contributed by atoms with van der Waals surface area (Å²) in [6.07, 6.45) is 2.20. The molecule has 0 radical (unpaired) electrons. The van der Waals surface area contributed by atoms with Crippen molar-refractivity contribution in [1.29, 1.82) is 0 Å². The van der Waals surface area contributed by atoms with Gasteiger partial charge in [-0.2, -0.15) is 0 Å². The molecule has 0 spiro atoms. The first kappa shape index (κ1) is 14.9. The summed E-state index contributed by atoms with van der Waals surface area (Å²) in [4.78, 5) is 0. The summed E-state index contributed by atoms with van der Waals surface area (Å²) in [5.41, 5.74) is 3.69. The fourth-order valence-corrected chi connectivity index (χ4v) is 3.69. The summed E-state index contributed by atoms with van der Waals surface area (Å²) in [5, 5.41) is 19.7. The molecule has 0 aliphatic heterocycles. The molecular formula is C20H20N2O2. The average molecular weight is 320 g/mol. The molecule has 0 bridgehead atoms. The zero-order valence-corrected chi connectivity index (χ0v) is 13.9. The standard InChI is InChI=1S/C20H20N2O2/c1-20(2)11-16(21-23)19-17(12-20)22-24-18(19)10-14-8-5-7-13-6-3-4-9-15(13)14/h3-9,23H,10-12H2,1-2H3. The van der Waals surface area contributed by atoms with Gasteiger partial charge in [0.25, 0.3) is 0 Å². The minimum Gasteiger partial charge on any atom is -0.411 e. The van der Waals surface area contributed by atoms with Gasteiger partial charge in [-0.15, -0.1) is 0 Å². The Morgan fingerprint density at radius 2 is 1.92 bits per heavy atom. The second-order valence-corrected chi connectivity index (χ2v) is 7.31. The Hall–Kier alpha value is -2.62. The number of fused-ring (bicyclic) bond motifs is 2. The minimum absolute atomic E-state index is 0.0299. The van der Waals surface area contributed by atoms with E-state index in [1.165, 1.54) is 16.3 Å². The Morgan fingerprint density at radius 1 is 1.12 bits per heavy atom. The van der Waals surface area contributed by atoms with Crippen molar-refractivity contribution in [1.82, 2.24) is 5.16 Å². The molecule has 3 aromatic rings. The molecular weight excluding hydrogens is 300 g/mol. The van der Waals surface area contributed by atoms with Crippen LogP contribution < -0.4 is 0 Å². The van der Waals surface area contributed by atoms with E-state index in [0.29, 0.717) is 12.1 Å². The van der Waals surface area contributed by atoms with Crippen molar-refractivity contribution in [3.63, 3.8) is 0 Å². The number of rotatable bonds is 2. The molecule has 0 saturated carbocycles. The predicted octanol–water partition coefficient (Wildman–Crippen LogP) is 4.57. The predicted molar refractivity (Wildman–Crippen MR) is 93.7 cm³/mol. The molecule has 0 atom stereocenters. The maximum absolute atomic E-state index is 9.47. The molecule has 1 aromatic heterocycles. The van der Waals surface area contributed by atoms with E-state index < -0.39 is 0 Å². The Morgan fingerprint density at radius 3 is 2.75 bits per heavy atom. The van der Waals surface area contributed by atoms with Crippen molar-refractivity contribution in [2.75, 3.05) is 0 Å². The normalized spacial score (nSPS) is 18.0. The fraction of sp³-hybridized carbons (Fsp3) is 0.300. The fourth-order valence-electron chi connectivity index (χ4n) is 3.69. The third-order valence-corrected chi connectivity index (χ3v) is 4.77. The van der Waals surface area contributed by atoms with Crippen LogP contribution in [-0.2, 0) is 12.8 Å². The summed E-state index contributed by atoms with van der Waals surface area (Å²) < 4.78 is 5.65. The Kier molecular flexibility index (Phi) is 3.41. The van der Waals surface area contributed by atoms with Gasteiger partial charge in [0.1, 0.15) is 0 Å². The first-order chi connectivity index (χ1) is 11.6. The molecule has 4 heteroatoms. The van der Waals surface area contributed by atoms with Crippen LogP contribution in [0.2, 0.25) is 0 Å². The Bertz CT molecular complexity index is 932. The number of oxime groups is 1. The van der Waals surface area contributed by atoms with Crippen molar-refractivity contribution in [3.05, 3.63) is 65.0 Å². The third kappa shape index (κ3) is 2.48. The average Bonchev–Trinajstić information content (AvgIpc) is 2.96. The third-order valence-electron chi connectivity index (χ3n) is 4.77. The van der Waals surface area contributed by atoms with E-state index in [4.69, 9.17) is 4.52 Å². The lowest BCUT2D eigenvalue weighted by Gasteiger charge is -2.28. The molecule has 1 N–H and O–H groups in total. The monoisotopic (exact) mass is 320 g/mol. The number of hydrogen-bond donors (Lipinski definition) is 1. The van der Waals surface area contributed by atoms with E-state index in [-0.39, 0.29) is 5.41 Å². The molecule has 1 aliphatic rings. The summed E-state index contributed by atoms with van der Waals surface area (Å²) >= 11 is 0. The van der Waals surface area contributed by atoms with E-state index in [0.717, 1.165) is 29.9 Å². The Balaban J connectivity index is 1.78. The summed E-state index contributed by atoms with van der Waals surface area (Å²) in [5.74, 6) is 0.782. The van der Waals surface area contributed by atoms with Crippen LogP contribution in [0.4, 0.5) is 0 Å². The van der Waals surface area contributed by atoms with Crippen molar-refractivity contribution in [3.8, 4) is 0 Å². The highest BCUT2D eigenvalue weighted by Crippen LogP contribution is 2.37. The van der Waals surface area contributed by atoms with E-state index in [1.807, 2.05) is 12.1 Å². The van der Waals surface area contributed by atoms with Gasteiger partial charge in [-0.05, 0) is 34.6 Å². The molecule has 0 amide bonds. The van der Waals surface area contributed by atoms with Crippen LogP contribution >= 0.6 is 0 Å². The van der Waals surface area contributed by atoms with Crippen LogP contribution in [0.15, 0.2) is 52.1 Å². The zero-order valence-electron chi connectivity index (χ0n) is 13.9. The quantitative estimate of drug-likeness (QED) is 0.556. The number of benzene rings is 2. The lowest BCUT2D eigenvalue weighted by Crippen LogP contribution is -2.27. The zero-order chi connectivity index (χ0) is 16.7. The van der Waals surface area contributed by atoms with Gasteiger partial charge < -0.3 is 9.73 Å². The van der Waals surface area contributed by atoms with Gasteiger partial charge in [-0.1, -0.05) is 66.6 Å². The molecule has 122 valence electrons. The highest BCUT2D eigenvalue weighted by molar-refractivity contribution is 6.03. The molecule has 4 nitrogen and oxygen atoms in total. The van der Waals surface area contributed by atoms with Crippen molar-refractivity contribution < 1.29 is 9.73 Å². The summed E-state index contributed by atoms with van der Waals surface area (Å²) in [7, 11) is 0. The largest absolute Gasteiger partial charge is 0.411 e. The first-order valence-electron chi connectivity index (χ1n) is 8.23. The van der Waals surface area contributed by atoms with Gasteiger partial charge in [0.05, 0.1) is 17.0 Å². The van der Waals surface area contributed by atoms with Crippen LogP contribution in [-0.4, -0.2) is 16.1 Å². The van der Waals surface area contributed by atoms with Gasteiger partial charge in [-0.25, -0.2) is 0 Å². The van der Waals surface area contributed by atoms with Crippen molar-refractivity contribution in [2.45, 2.75) is 33.1 Å². The van der Waals surface area contributed by atoms with Gasteiger partial charge in [0.2, 0.25) is 0 Å². The van der Waals surface area contributed by atoms with Crippen LogP contribution in [0.3, 0.4) is 0 Å². The Labute approximate surface area is 140 Å². The van der Waals surface area contributed by atoms with Gasteiger partial charge in [0.15, 0.2) is 5.76 Å². The lowest BCUT2D eigenvalue weighted by atomic mass is 9.75. The minimum atomic E-state index is 0.0299. The lowest BCUT2D eigenvalue weighted by molar-refractivity contribution is 0.305. The second kappa shape index (κ2) is 5.48. The number of hydrogen-bond acceptors (Lipinski definition) is 4. The maximum atomic E-state index is 9.47. The summed E-state index contributed by atoms with van der Waals surface area (Å²) in [6.45, 7) is 4.31. The van der Waals surface area contributed by atoms with Crippen LogP contribution in [0, 0.1) is 5.41 Å². The van der Waals surface area contributed by atoms with Crippen LogP contribution in [0.1, 0.15) is 42.8 Å². The van der Waals surface area contributed by atoms with Crippen molar-refractivity contribution in [2.24, 2.45) is 10.6 Å². The molecule has 0 fully saturated rings. The second-order valence-electron chi connectivity index (χ2n) is 7.31. The molecule has 0 unspecified atom stereocenters. The molecule has 1 heterocycles. The number of aromatic nitrogens is 1. The molecule has 1 aliphatic carbocycles. The van der Waals surface area contributed by atoms with E-state index in [2.05, 4.69) is 54.5 Å². The van der Waals surface area contributed by atoms with E-state index in [1.54, 1.807) is 0 Å². The molecule has 0 saturated heterocycles. The number of nitrogens with zero attached hydrogens (tertiary/aromatic N) is 2. The van der Waals surface area contributed by atoms with Gasteiger partial charge >= 0.3 is 0 Å². The summed E-state index contributed by atoms with van der Waals surface area (Å²) in [6, 6.07) is 14.6. The first-order valence-corrected chi connectivity index (χ1v) is 8.23. The van der Waals surface area contributed by atoms with Crippen LogP contribution in [0.5, 0.6) is 0 Å².